The van der Waals surface area contributed by atoms with Gasteiger partial charge in [-0.25, -0.2) is 4.39 Å². The molecule has 0 heterocycles. The molecule has 0 amide bonds. The molecule has 0 atom stereocenters. The Hall–Kier alpha value is -0.970. The van der Waals surface area contributed by atoms with Gasteiger partial charge in [-0.3, -0.25) is 4.90 Å². The summed E-state index contributed by atoms with van der Waals surface area (Å²) in [5.74, 6) is 0.483. The van der Waals surface area contributed by atoms with Gasteiger partial charge >= 0.3 is 0 Å². The number of methoxy groups -OCH3 is 1. The van der Waals surface area contributed by atoms with Crippen molar-refractivity contribution in [3.63, 3.8) is 0 Å². The van der Waals surface area contributed by atoms with Crippen LogP contribution in [-0.4, -0.2) is 38.8 Å². The third-order valence-electron chi connectivity index (χ3n) is 3.11. The summed E-state index contributed by atoms with van der Waals surface area (Å²) in [6.45, 7) is 8.17. The van der Waals surface area contributed by atoms with E-state index >= 15 is 0 Å². The summed E-state index contributed by atoms with van der Waals surface area (Å²) in [6, 6.07) is 5.36. The Morgan fingerprint density at radius 1 is 1.35 bits per heavy atom. The van der Waals surface area contributed by atoms with Gasteiger partial charge in [0.1, 0.15) is 5.82 Å². The molecular formula is C16H27FN2O. The first kappa shape index (κ1) is 17.1. The normalized spacial score (nSPS) is 11.6. The molecule has 0 saturated heterocycles. The van der Waals surface area contributed by atoms with Crippen molar-refractivity contribution >= 4 is 0 Å². The average molecular weight is 282 g/mol. The van der Waals surface area contributed by atoms with Crippen LogP contribution in [0.15, 0.2) is 18.2 Å². The highest BCUT2D eigenvalue weighted by molar-refractivity contribution is 5.25. The van der Waals surface area contributed by atoms with Crippen LogP contribution >= 0.6 is 0 Å². The molecule has 0 aliphatic carbocycles. The third-order valence-corrected chi connectivity index (χ3v) is 3.11. The van der Waals surface area contributed by atoms with Gasteiger partial charge in [0.15, 0.2) is 0 Å². The summed E-state index contributed by atoms with van der Waals surface area (Å²) in [5, 5.41) is 3.38. The molecule has 0 aliphatic rings. The molecule has 0 unspecified atom stereocenters. The minimum Gasteiger partial charge on any atom is -0.383 e. The largest absolute Gasteiger partial charge is 0.383 e. The lowest BCUT2D eigenvalue weighted by Crippen LogP contribution is -2.23. The van der Waals surface area contributed by atoms with E-state index < -0.39 is 0 Å². The molecule has 1 aromatic carbocycles. The van der Waals surface area contributed by atoms with Crippen LogP contribution in [0.1, 0.15) is 25.0 Å². The van der Waals surface area contributed by atoms with Crippen molar-refractivity contribution in [2.24, 2.45) is 5.92 Å². The van der Waals surface area contributed by atoms with Crippen molar-refractivity contribution in [2.75, 3.05) is 33.9 Å². The van der Waals surface area contributed by atoms with E-state index in [1.165, 1.54) is 0 Å². The molecule has 0 aliphatic heterocycles. The quantitative estimate of drug-likeness (QED) is 0.753. The predicted molar refractivity (Wildman–Crippen MR) is 81.2 cm³/mol. The van der Waals surface area contributed by atoms with Gasteiger partial charge in [-0.1, -0.05) is 26.0 Å². The summed E-state index contributed by atoms with van der Waals surface area (Å²) in [7, 11) is 3.65. The van der Waals surface area contributed by atoms with Gasteiger partial charge in [-0.15, -0.1) is 0 Å². The third kappa shape index (κ3) is 6.46. The van der Waals surface area contributed by atoms with Crippen LogP contribution < -0.4 is 5.32 Å². The van der Waals surface area contributed by atoms with E-state index in [4.69, 9.17) is 4.74 Å². The van der Waals surface area contributed by atoms with Crippen LogP contribution in [0.3, 0.4) is 0 Å². The molecule has 20 heavy (non-hydrogen) atoms. The number of hydrogen-bond donors (Lipinski definition) is 1. The molecule has 0 fully saturated rings. The summed E-state index contributed by atoms with van der Waals surface area (Å²) in [6.07, 6.45) is 0. The fourth-order valence-electron chi connectivity index (χ4n) is 1.98. The van der Waals surface area contributed by atoms with Gasteiger partial charge in [0.05, 0.1) is 6.61 Å². The van der Waals surface area contributed by atoms with E-state index in [2.05, 4.69) is 24.1 Å². The van der Waals surface area contributed by atoms with E-state index in [1.54, 1.807) is 13.2 Å². The molecule has 0 spiro atoms. The van der Waals surface area contributed by atoms with E-state index in [0.717, 1.165) is 30.8 Å². The van der Waals surface area contributed by atoms with Crippen molar-refractivity contribution in [3.8, 4) is 0 Å². The Morgan fingerprint density at radius 3 is 2.75 bits per heavy atom. The Bertz CT molecular complexity index is 396. The molecule has 0 aromatic heterocycles. The molecule has 1 rings (SSSR count). The highest BCUT2D eigenvalue weighted by Gasteiger charge is 2.07. The number of nitrogens with one attached hydrogen (secondary N) is 1. The standard InChI is InChI=1S/C16H27FN2O/c1-13(2)10-18-11-14-5-6-16(17)15(9-14)12-19(3)7-8-20-4/h5-6,9,13,18H,7-8,10-12H2,1-4H3. The monoisotopic (exact) mass is 282 g/mol. The first-order valence-corrected chi connectivity index (χ1v) is 7.18. The zero-order valence-corrected chi connectivity index (χ0v) is 13.1. The Balaban J connectivity index is 2.57. The van der Waals surface area contributed by atoms with E-state index in [-0.39, 0.29) is 5.82 Å². The van der Waals surface area contributed by atoms with Gasteiger partial charge in [0, 0.05) is 32.3 Å². The number of benzene rings is 1. The lowest BCUT2D eigenvalue weighted by atomic mass is 10.1. The van der Waals surface area contributed by atoms with E-state index in [9.17, 15) is 4.39 Å². The van der Waals surface area contributed by atoms with E-state index in [1.807, 2.05) is 19.2 Å². The van der Waals surface area contributed by atoms with Crippen molar-refractivity contribution in [1.29, 1.82) is 0 Å². The van der Waals surface area contributed by atoms with Gasteiger partial charge in [-0.05, 0) is 31.1 Å². The second kappa shape index (κ2) is 9.06. The van der Waals surface area contributed by atoms with Crippen LogP contribution in [0.4, 0.5) is 4.39 Å². The van der Waals surface area contributed by atoms with Crippen molar-refractivity contribution < 1.29 is 9.13 Å². The summed E-state index contributed by atoms with van der Waals surface area (Å²) >= 11 is 0. The average Bonchev–Trinajstić information content (AvgIpc) is 2.39. The minimum absolute atomic E-state index is 0.137. The number of ether oxygens (including phenoxy) is 1. The summed E-state index contributed by atoms with van der Waals surface area (Å²) in [5.41, 5.74) is 1.87. The molecule has 0 bridgehead atoms. The number of hydrogen-bond acceptors (Lipinski definition) is 3. The molecule has 1 aromatic rings. The maximum atomic E-state index is 13.8. The number of halogens is 1. The highest BCUT2D eigenvalue weighted by atomic mass is 19.1. The van der Waals surface area contributed by atoms with Crippen LogP contribution in [0.25, 0.3) is 0 Å². The SMILES string of the molecule is COCCN(C)Cc1cc(CNCC(C)C)ccc1F. The predicted octanol–water partition coefficient (Wildman–Crippen LogP) is 2.65. The zero-order valence-electron chi connectivity index (χ0n) is 13.1. The van der Waals surface area contributed by atoms with Crippen molar-refractivity contribution in [1.82, 2.24) is 10.2 Å². The smallest absolute Gasteiger partial charge is 0.127 e. The van der Waals surface area contributed by atoms with E-state index in [0.29, 0.717) is 19.1 Å². The first-order valence-electron chi connectivity index (χ1n) is 7.18. The Labute approximate surface area is 122 Å². The lowest BCUT2D eigenvalue weighted by molar-refractivity contribution is 0.158. The summed E-state index contributed by atoms with van der Waals surface area (Å²) < 4.78 is 18.9. The number of likely N-dealkylation sites (N-methyl/N-ethyl adjacent to an activating group) is 1. The van der Waals surface area contributed by atoms with Crippen molar-refractivity contribution in [2.45, 2.75) is 26.9 Å². The first-order chi connectivity index (χ1) is 9.52. The minimum atomic E-state index is -0.137. The topological polar surface area (TPSA) is 24.5 Å². The van der Waals surface area contributed by atoms with Crippen LogP contribution in [-0.2, 0) is 17.8 Å². The zero-order chi connectivity index (χ0) is 15.0. The number of nitrogens with zero attached hydrogens (tertiary/aromatic N) is 1. The molecule has 3 nitrogen and oxygen atoms in total. The highest BCUT2D eigenvalue weighted by Crippen LogP contribution is 2.13. The second-order valence-corrected chi connectivity index (χ2v) is 5.68. The van der Waals surface area contributed by atoms with Crippen LogP contribution in [0.5, 0.6) is 0 Å². The molecule has 0 saturated carbocycles. The molecule has 1 N–H and O–H groups in total. The molecule has 4 heteroatoms. The number of rotatable bonds is 9. The lowest BCUT2D eigenvalue weighted by Gasteiger charge is -2.17. The maximum absolute atomic E-state index is 13.8. The maximum Gasteiger partial charge on any atom is 0.127 e. The Morgan fingerprint density at radius 2 is 2.10 bits per heavy atom. The van der Waals surface area contributed by atoms with Crippen LogP contribution in [0, 0.1) is 11.7 Å². The molecule has 114 valence electrons. The second-order valence-electron chi connectivity index (χ2n) is 5.68. The van der Waals surface area contributed by atoms with Crippen molar-refractivity contribution in [3.05, 3.63) is 35.1 Å². The fourth-order valence-corrected chi connectivity index (χ4v) is 1.98. The summed E-state index contributed by atoms with van der Waals surface area (Å²) in [4.78, 5) is 2.06. The molecular weight excluding hydrogens is 255 g/mol. The molecule has 0 radical (unpaired) electrons. The van der Waals surface area contributed by atoms with Gasteiger partial charge in [0.25, 0.3) is 0 Å². The van der Waals surface area contributed by atoms with Gasteiger partial charge < -0.3 is 10.1 Å². The van der Waals surface area contributed by atoms with Gasteiger partial charge in [0.2, 0.25) is 0 Å². The fraction of sp³-hybridized carbons (Fsp3) is 0.625. The Kier molecular flexibility index (Phi) is 7.73. The van der Waals surface area contributed by atoms with Crippen LogP contribution in [0.2, 0.25) is 0 Å². The van der Waals surface area contributed by atoms with Gasteiger partial charge in [-0.2, -0.15) is 0 Å².